The van der Waals surface area contributed by atoms with Crippen LogP contribution in [0, 0.1) is 6.92 Å². The molecule has 0 spiro atoms. The van der Waals surface area contributed by atoms with Gasteiger partial charge in [0.15, 0.2) is 0 Å². The molecule has 0 saturated carbocycles. The molecule has 5 rings (SSSR count). The highest BCUT2D eigenvalue weighted by molar-refractivity contribution is 6.28. The van der Waals surface area contributed by atoms with Gasteiger partial charge < -0.3 is 0 Å². The third-order valence-electron chi connectivity index (χ3n) is 4.53. The zero-order valence-electron chi connectivity index (χ0n) is 11.6. The summed E-state index contributed by atoms with van der Waals surface area (Å²) in [5, 5.41) is 10.6. The largest absolute Gasteiger partial charge is 0.127 e. The Balaban J connectivity index is 2.19. The van der Waals surface area contributed by atoms with Gasteiger partial charge in [-0.3, -0.25) is 0 Å². The highest BCUT2D eigenvalue weighted by atomic mass is 14.1. The van der Waals surface area contributed by atoms with Gasteiger partial charge in [-0.15, -0.1) is 0 Å². The number of rotatable bonds is 0. The highest BCUT2D eigenvalue weighted by Gasteiger charge is 2.12. The van der Waals surface area contributed by atoms with Crippen LogP contribution < -0.4 is 0 Å². The van der Waals surface area contributed by atoms with E-state index in [9.17, 15) is 0 Å². The maximum absolute atomic E-state index is 4.08. The molecule has 5 aromatic rings. The predicted molar refractivity (Wildman–Crippen MR) is 92.1 cm³/mol. The van der Waals surface area contributed by atoms with Crippen LogP contribution in [0.4, 0.5) is 0 Å². The van der Waals surface area contributed by atoms with Crippen LogP contribution in [0.2, 0.25) is 0 Å². The van der Waals surface area contributed by atoms with E-state index in [1.807, 2.05) is 0 Å². The second-order valence-corrected chi connectivity index (χ2v) is 5.79. The molecule has 21 heavy (non-hydrogen) atoms. The lowest BCUT2D eigenvalue weighted by Crippen LogP contribution is -1.86. The minimum absolute atomic E-state index is 1.07. The van der Waals surface area contributed by atoms with Crippen molar-refractivity contribution in [3.8, 4) is 0 Å². The molecule has 0 bridgehead atoms. The van der Waals surface area contributed by atoms with E-state index in [-0.39, 0.29) is 0 Å². The zero-order chi connectivity index (χ0) is 14.0. The summed E-state index contributed by atoms with van der Waals surface area (Å²) >= 11 is 0. The van der Waals surface area contributed by atoms with Gasteiger partial charge in [0.05, 0.1) is 6.07 Å². The normalized spacial score (nSPS) is 12.0. The molecule has 0 aliphatic rings. The molecule has 0 N–H and O–H groups in total. The Hall–Kier alpha value is -2.73. The van der Waals surface area contributed by atoms with Crippen molar-refractivity contribution in [1.29, 1.82) is 0 Å². The lowest BCUT2D eigenvalue weighted by molar-refractivity contribution is 1.69. The van der Waals surface area contributed by atoms with Gasteiger partial charge in [-0.2, -0.15) is 0 Å². The minimum Gasteiger partial charge on any atom is -0.0610 e. The summed E-state index contributed by atoms with van der Waals surface area (Å²) in [6.45, 7) is 4.08. The van der Waals surface area contributed by atoms with E-state index in [1.165, 1.54) is 43.1 Å². The molecule has 0 nitrogen and oxygen atoms in total. The van der Waals surface area contributed by atoms with E-state index in [4.69, 9.17) is 0 Å². The predicted octanol–water partition coefficient (Wildman–Crippen LogP) is 5.92. The van der Waals surface area contributed by atoms with Gasteiger partial charge in [0.2, 0.25) is 0 Å². The van der Waals surface area contributed by atoms with Crippen molar-refractivity contribution in [3.05, 3.63) is 79.2 Å². The molecule has 0 saturated heterocycles. The molecular formula is C21H13+. The summed E-state index contributed by atoms with van der Waals surface area (Å²) in [6, 6.07) is 24.2. The quantitative estimate of drug-likeness (QED) is 0.185. The standard InChI is InChI=1S/C21H13/c1-13-5-6-16-12-17-8-7-14-3-2-4-15-9-10-18(19(16)11-13)21(17)20(14)15/h2-12H,1H2/q+1. The SMILES string of the molecule is [CH2+]c1ccc2cc3ccc4cccc5ccc(c2c1)c3c45. The lowest BCUT2D eigenvalue weighted by atomic mass is 9.90. The molecule has 0 radical (unpaired) electrons. The summed E-state index contributed by atoms with van der Waals surface area (Å²) in [5.41, 5.74) is 1.07. The molecule has 0 unspecified atom stereocenters. The summed E-state index contributed by atoms with van der Waals surface area (Å²) in [4.78, 5) is 0. The highest BCUT2D eigenvalue weighted by Crippen LogP contribution is 2.38. The fourth-order valence-electron chi connectivity index (χ4n) is 3.58. The Bertz CT molecular complexity index is 1120. The van der Waals surface area contributed by atoms with Crippen LogP contribution in [0.3, 0.4) is 0 Å². The first kappa shape index (κ1) is 11.0. The van der Waals surface area contributed by atoms with Gasteiger partial charge >= 0.3 is 0 Å². The summed E-state index contributed by atoms with van der Waals surface area (Å²) in [6.07, 6.45) is 0. The van der Waals surface area contributed by atoms with Crippen LogP contribution in [0.25, 0.3) is 43.1 Å². The van der Waals surface area contributed by atoms with E-state index < -0.39 is 0 Å². The second-order valence-electron chi connectivity index (χ2n) is 5.79. The van der Waals surface area contributed by atoms with E-state index in [0.29, 0.717) is 0 Å². The third kappa shape index (κ3) is 1.37. The smallest absolute Gasteiger partial charge is 0.0610 e. The van der Waals surface area contributed by atoms with Crippen molar-refractivity contribution in [3.63, 3.8) is 0 Å². The van der Waals surface area contributed by atoms with Crippen LogP contribution in [0.5, 0.6) is 0 Å². The van der Waals surface area contributed by atoms with Gasteiger partial charge in [0.25, 0.3) is 0 Å². The fourth-order valence-corrected chi connectivity index (χ4v) is 3.58. The van der Waals surface area contributed by atoms with Crippen LogP contribution >= 0.6 is 0 Å². The molecular weight excluding hydrogens is 252 g/mol. The fraction of sp³-hybridized carbons (Fsp3) is 0. The van der Waals surface area contributed by atoms with Gasteiger partial charge in [-0.25, -0.2) is 0 Å². The van der Waals surface area contributed by atoms with Crippen molar-refractivity contribution in [2.24, 2.45) is 0 Å². The molecule has 96 valence electrons. The second kappa shape index (κ2) is 3.67. The first-order chi connectivity index (χ1) is 10.3. The molecule has 0 heteroatoms. The number of hydrogen-bond acceptors (Lipinski definition) is 0. The van der Waals surface area contributed by atoms with E-state index in [1.54, 1.807) is 0 Å². The monoisotopic (exact) mass is 265 g/mol. The van der Waals surface area contributed by atoms with Crippen LogP contribution in [-0.2, 0) is 0 Å². The Kier molecular flexibility index (Phi) is 1.92. The van der Waals surface area contributed by atoms with E-state index >= 15 is 0 Å². The van der Waals surface area contributed by atoms with Gasteiger partial charge in [0, 0.05) is 35.2 Å². The molecule has 0 aromatic heterocycles. The number of hydrogen-bond donors (Lipinski definition) is 0. The zero-order valence-corrected chi connectivity index (χ0v) is 11.6. The lowest BCUT2D eigenvalue weighted by Gasteiger charge is -2.11. The van der Waals surface area contributed by atoms with Crippen LogP contribution in [-0.4, -0.2) is 0 Å². The van der Waals surface area contributed by atoms with Gasteiger partial charge in [-0.1, -0.05) is 42.5 Å². The molecule has 0 fully saturated rings. The third-order valence-corrected chi connectivity index (χ3v) is 4.53. The van der Waals surface area contributed by atoms with Crippen molar-refractivity contribution in [1.82, 2.24) is 0 Å². The first-order valence-corrected chi connectivity index (χ1v) is 7.23. The number of fused-ring (bicyclic) bond motifs is 2. The Morgan fingerprint density at radius 3 is 2.10 bits per heavy atom. The average molecular weight is 265 g/mol. The van der Waals surface area contributed by atoms with Gasteiger partial charge in [0.1, 0.15) is 5.56 Å². The molecule has 0 aliphatic heterocycles. The molecule has 0 amide bonds. The van der Waals surface area contributed by atoms with Crippen LogP contribution in [0.15, 0.2) is 66.7 Å². The molecule has 0 aliphatic carbocycles. The van der Waals surface area contributed by atoms with Crippen molar-refractivity contribution in [2.45, 2.75) is 0 Å². The summed E-state index contributed by atoms with van der Waals surface area (Å²) in [5.74, 6) is 0. The van der Waals surface area contributed by atoms with Crippen molar-refractivity contribution >= 4 is 43.1 Å². The van der Waals surface area contributed by atoms with E-state index in [2.05, 4.69) is 73.7 Å². The van der Waals surface area contributed by atoms with Crippen molar-refractivity contribution in [2.75, 3.05) is 0 Å². The summed E-state index contributed by atoms with van der Waals surface area (Å²) < 4.78 is 0. The maximum atomic E-state index is 4.08. The molecule has 5 aromatic carbocycles. The Morgan fingerprint density at radius 2 is 1.24 bits per heavy atom. The first-order valence-electron chi connectivity index (χ1n) is 7.23. The maximum Gasteiger partial charge on any atom is 0.127 e. The molecule has 0 atom stereocenters. The number of benzene rings is 5. The molecule has 0 heterocycles. The van der Waals surface area contributed by atoms with Crippen molar-refractivity contribution < 1.29 is 0 Å². The van der Waals surface area contributed by atoms with Crippen LogP contribution in [0.1, 0.15) is 5.56 Å². The Morgan fingerprint density at radius 1 is 0.524 bits per heavy atom. The van der Waals surface area contributed by atoms with Gasteiger partial charge in [-0.05, 0) is 33.0 Å². The van der Waals surface area contributed by atoms with E-state index in [0.717, 1.165) is 5.56 Å². The Labute approximate surface area is 123 Å². The topological polar surface area (TPSA) is 0 Å². The average Bonchev–Trinajstić information content (AvgIpc) is 2.52. The summed E-state index contributed by atoms with van der Waals surface area (Å²) in [7, 11) is 0. The minimum atomic E-state index is 1.07.